The predicted octanol–water partition coefficient (Wildman–Crippen LogP) is 2.07. The van der Waals surface area contributed by atoms with Gasteiger partial charge in [0.25, 0.3) is 0 Å². The molecular weight excluding hydrogens is 204 g/mol. The number of aldehydes is 1. The number of carbonyl (C=O) groups excluding carboxylic acids is 2. The second-order valence-corrected chi connectivity index (χ2v) is 4.10. The van der Waals surface area contributed by atoms with Crippen molar-refractivity contribution >= 4 is 12.3 Å². The zero-order valence-corrected chi connectivity index (χ0v) is 8.96. The van der Waals surface area contributed by atoms with Gasteiger partial charge >= 0.3 is 5.97 Å². The number of hydrogen-bond acceptors (Lipinski definition) is 3. The lowest BCUT2D eigenvalue weighted by Crippen LogP contribution is -2.31. The lowest BCUT2D eigenvalue weighted by Gasteiger charge is -2.31. The largest absolute Gasteiger partial charge is 0.462 e. The molecule has 2 rings (SSSR count). The Balaban J connectivity index is 1.82. The van der Waals surface area contributed by atoms with Gasteiger partial charge in [-0.25, -0.2) is 4.79 Å². The monoisotopic (exact) mass is 218 g/mol. The molecule has 0 bridgehead atoms. The maximum absolute atomic E-state index is 11.6. The van der Waals surface area contributed by atoms with Crippen LogP contribution in [0.2, 0.25) is 0 Å². The van der Waals surface area contributed by atoms with E-state index in [4.69, 9.17) is 4.74 Å². The lowest BCUT2D eigenvalue weighted by atomic mass is 9.75. The summed E-state index contributed by atoms with van der Waals surface area (Å²) in [6.07, 6.45) is 2.87. The highest BCUT2D eigenvalue weighted by Crippen LogP contribution is 2.32. The van der Waals surface area contributed by atoms with Gasteiger partial charge in [-0.1, -0.05) is 18.2 Å². The first-order valence-electron chi connectivity index (χ1n) is 5.48. The molecule has 84 valence electrons. The van der Waals surface area contributed by atoms with Crippen LogP contribution < -0.4 is 0 Å². The summed E-state index contributed by atoms with van der Waals surface area (Å²) in [7, 11) is 0. The molecule has 1 aromatic rings. The Morgan fingerprint density at radius 2 is 2.06 bits per heavy atom. The molecule has 1 saturated carbocycles. The number of benzene rings is 1. The Hall–Kier alpha value is -1.64. The molecule has 2 atom stereocenters. The van der Waals surface area contributed by atoms with Crippen LogP contribution in [-0.2, 0) is 9.53 Å². The highest BCUT2D eigenvalue weighted by Gasteiger charge is 2.31. The molecule has 0 radical (unpaired) electrons. The number of rotatable bonds is 4. The normalized spacial score (nSPS) is 23.2. The third kappa shape index (κ3) is 2.30. The van der Waals surface area contributed by atoms with Crippen molar-refractivity contribution in [1.82, 2.24) is 0 Å². The first kappa shape index (κ1) is 10.9. The van der Waals surface area contributed by atoms with E-state index >= 15 is 0 Å². The molecule has 0 unspecified atom stereocenters. The van der Waals surface area contributed by atoms with E-state index in [0.717, 1.165) is 19.1 Å². The number of carbonyl (C=O) groups is 2. The van der Waals surface area contributed by atoms with Crippen LogP contribution in [0.5, 0.6) is 0 Å². The van der Waals surface area contributed by atoms with E-state index in [0.29, 0.717) is 12.2 Å². The van der Waals surface area contributed by atoms with Crippen molar-refractivity contribution in [3.63, 3.8) is 0 Å². The van der Waals surface area contributed by atoms with Crippen molar-refractivity contribution in [3.8, 4) is 0 Å². The molecule has 0 aliphatic heterocycles. The van der Waals surface area contributed by atoms with Crippen molar-refractivity contribution in [2.24, 2.45) is 11.8 Å². The molecule has 0 saturated heterocycles. The summed E-state index contributed by atoms with van der Waals surface area (Å²) in [6.45, 7) is 0.358. The fourth-order valence-corrected chi connectivity index (χ4v) is 1.82. The summed E-state index contributed by atoms with van der Waals surface area (Å²) in [5, 5.41) is 0. The van der Waals surface area contributed by atoms with Gasteiger partial charge in [0.1, 0.15) is 6.29 Å². The fourth-order valence-electron chi connectivity index (χ4n) is 1.82. The van der Waals surface area contributed by atoms with E-state index in [1.54, 1.807) is 24.3 Å². The van der Waals surface area contributed by atoms with Crippen molar-refractivity contribution in [1.29, 1.82) is 0 Å². The highest BCUT2D eigenvalue weighted by atomic mass is 16.5. The van der Waals surface area contributed by atoms with Gasteiger partial charge in [0.15, 0.2) is 0 Å². The van der Waals surface area contributed by atoms with E-state index in [1.807, 2.05) is 6.07 Å². The highest BCUT2D eigenvalue weighted by molar-refractivity contribution is 5.89. The minimum atomic E-state index is -0.308. The van der Waals surface area contributed by atoms with Gasteiger partial charge in [-0.15, -0.1) is 0 Å². The molecule has 0 heterocycles. The minimum absolute atomic E-state index is 0.0866. The smallest absolute Gasteiger partial charge is 0.338 e. The van der Waals surface area contributed by atoms with Crippen LogP contribution in [0, 0.1) is 11.8 Å². The van der Waals surface area contributed by atoms with Crippen LogP contribution >= 0.6 is 0 Å². The molecule has 0 amide bonds. The quantitative estimate of drug-likeness (QED) is 0.574. The Morgan fingerprint density at radius 3 is 2.62 bits per heavy atom. The van der Waals surface area contributed by atoms with Crippen LogP contribution in [0.3, 0.4) is 0 Å². The van der Waals surface area contributed by atoms with Gasteiger partial charge in [-0.3, -0.25) is 0 Å². The van der Waals surface area contributed by atoms with Gasteiger partial charge in [0, 0.05) is 11.8 Å². The molecular formula is C13H14O3. The van der Waals surface area contributed by atoms with Crippen molar-refractivity contribution < 1.29 is 14.3 Å². The minimum Gasteiger partial charge on any atom is -0.462 e. The molecule has 0 spiro atoms. The van der Waals surface area contributed by atoms with Gasteiger partial charge < -0.3 is 9.53 Å². The Kier molecular flexibility index (Phi) is 3.34. The Morgan fingerprint density at radius 1 is 1.31 bits per heavy atom. The number of ether oxygens (including phenoxy) is 1. The van der Waals surface area contributed by atoms with Crippen molar-refractivity contribution in [2.45, 2.75) is 12.8 Å². The summed E-state index contributed by atoms with van der Waals surface area (Å²) >= 11 is 0. The number of esters is 1. The Bertz CT molecular complexity index is 372. The lowest BCUT2D eigenvalue weighted by molar-refractivity contribution is -0.116. The molecule has 1 aliphatic rings. The molecule has 3 nitrogen and oxygen atoms in total. The molecule has 0 N–H and O–H groups in total. The average Bonchev–Trinajstić information content (AvgIpc) is 2.29. The summed E-state index contributed by atoms with van der Waals surface area (Å²) < 4.78 is 5.17. The van der Waals surface area contributed by atoms with E-state index in [1.165, 1.54) is 0 Å². The first-order valence-corrected chi connectivity index (χ1v) is 5.48. The van der Waals surface area contributed by atoms with Gasteiger partial charge in [-0.2, -0.15) is 0 Å². The second-order valence-electron chi connectivity index (χ2n) is 4.10. The fraction of sp³-hybridized carbons (Fsp3) is 0.385. The molecule has 0 aromatic heterocycles. The van der Waals surface area contributed by atoms with Crippen molar-refractivity contribution in [3.05, 3.63) is 35.9 Å². The van der Waals surface area contributed by atoms with Crippen LogP contribution in [-0.4, -0.2) is 18.9 Å². The summed E-state index contributed by atoms with van der Waals surface area (Å²) in [6, 6.07) is 8.90. The molecule has 1 fully saturated rings. The van der Waals surface area contributed by atoms with Crippen molar-refractivity contribution in [2.75, 3.05) is 6.61 Å². The Labute approximate surface area is 94.4 Å². The van der Waals surface area contributed by atoms with Gasteiger partial charge in [-0.05, 0) is 25.0 Å². The molecule has 1 aromatic carbocycles. The van der Waals surface area contributed by atoms with Crippen LogP contribution in [0.1, 0.15) is 23.2 Å². The number of hydrogen-bond donors (Lipinski definition) is 0. The predicted molar refractivity (Wildman–Crippen MR) is 59.0 cm³/mol. The third-order valence-electron chi connectivity index (χ3n) is 3.09. The summed E-state index contributed by atoms with van der Waals surface area (Å²) in [5.41, 5.74) is 0.560. The zero-order chi connectivity index (χ0) is 11.4. The van der Waals surface area contributed by atoms with Gasteiger partial charge in [0.2, 0.25) is 0 Å². The third-order valence-corrected chi connectivity index (χ3v) is 3.09. The zero-order valence-electron chi connectivity index (χ0n) is 8.96. The molecule has 1 aliphatic carbocycles. The van der Waals surface area contributed by atoms with Crippen LogP contribution in [0.4, 0.5) is 0 Å². The first-order chi connectivity index (χ1) is 7.81. The topological polar surface area (TPSA) is 43.4 Å². The van der Waals surface area contributed by atoms with Gasteiger partial charge in [0.05, 0.1) is 12.2 Å². The maximum atomic E-state index is 11.6. The van der Waals surface area contributed by atoms with E-state index in [9.17, 15) is 9.59 Å². The SMILES string of the molecule is O=C[C@H]1CC[C@@H]1COC(=O)c1ccccc1. The summed E-state index contributed by atoms with van der Waals surface area (Å²) in [5.74, 6) is 0.00545. The standard InChI is InChI=1S/C13H14O3/c14-8-11-6-7-12(11)9-16-13(15)10-4-2-1-3-5-10/h1-5,8,11-12H,6-7,9H2/t11-,12-/m1/s1. The van der Waals surface area contributed by atoms with E-state index in [-0.39, 0.29) is 17.8 Å². The second kappa shape index (κ2) is 4.92. The van der Waals surface area contributed by atoms with E-state index in [2.05, 4.69) is 0 Å². The van der Waals surface area contributed by atoms with Crippen LogP contribution in [0.15, 0.2) is 30.3 Å². The molecule has 16 heavy (non-hydrogen) atoms. The van der Waals surface area contributed by atoms with E-state index < -0.39 is 0 Å². The maximum Gasteiger partial charge on any atom is 0.338 e. The summed E-state index contributed by atoms with van der Waals surface area (Å²) in [4.78, 5) is 22.1. The average molecular weight is 218 g/mol. The van der Waals surface area contributed by atoms with Crippen LogP contribution in [0.25, 0.3) is 0 Å². The molecule has 3 heteroatoms.